The summed E-state index contributed by atoms with van der Waals surface area (Å²) in [7, 11) is 0. The molecule has 1 aromatic carbocycles. The standard InChI is InChI=1S/C16H16N2O2/c1-16(2)11-18(13-7-3-4-8-14(13)20-16)15(19)12-6-5-9-17-10-12/h3-10H,11H2,1-2H3. The second-order valence-electron chi connectivity index (χ2n) is 5.46. The van der Waals surface area contributed by atoms with Crippen LogP contribution in [-0.2, 0) is 0 Å². The zero-order valence-electron chi connectivity index (χ0n) is 11.5. The van der Waals surface area contributed by atoms with E-state index in [1.54, 1.807) is 29.4 Å². The molecule has 0 N–H and O–H groups in total. The van der Waals surface area contributed by atoms with E-state index >= 15 is 0 Å². The molecule has 0 aliphatic carbocycles. The van der Waals surface area contributed by atoms with Crippen LogP contribution in [0, 0.1) is 0 Å². The molecule has 20 heavy (non-hydrogen) atoms. The van der Waals surface area contributed by atoms with Gasteiger partial charge in [0, 0.05) is 12.4 Å². The van der Waals surface area contributed by atoms with Crippen molar-refractivity contribution < 1.29 is 9.53 Å². The predicted octanol–water partition coefficient (Wildman–Crippen LogP) is 2.90. The van der Waals surface area contributed by atoms with E-state index in [1.165, 1.54) is 0 Å². The van der Waals surface area contributed by atoms with Gasteiger partial charge in [-0.2, -0.15) is 0 Å². The summed E-state index contributed by atoms with van der Waals surface area (Å²) >= 11 is 0. The third-order valence-corrected chi connectivity index (χ3v) is 3.23. The molecule has 1 aromatic heterocycles. The normalized spacial score (nSPS) is 16.2. The van der Waals surface area contributed by atoms with Crippen molar-refractivity contribution in [2.75, 3.05) is 11.4 Å². The fraction of sp³-hybridized carbons (Fsp3) is 0.250. The molecule has 4 nitrogen and oxygen atoms in total. The van der Waals surface area contributed by atoms with Crippen LogP contribution in [0.4, 0.5) is 5.69 Å². The first-order valence-electron chi connectivity index (χ1n) is 6.57. The number of fused-ring (bicyclic) bond motifs is 1. The lowest BCUT2D eigenvalue weighted by Gasteiger charge is -2.39. The van der Waals surface area contributed by atoms with Crippen molar-refractivity contribution in [2.24, 2.45) is 0 Å². The van der Waals surface area contributed by atoms with Gasteiger partial charge in [-0.15, -0.1) is 0 Å². The molecule has 1 amide bonds. The maximum Gasteiger partial charge on any atom is 0.260 e. The van der Waals surface area contributed by atoms with E-state index in [2.05, 4.69) is 4.98 Å². The number of aromatic nitrogens is 1. The molecule has 0 bridgehead atoms. The molecule has 0 unspecified atom stereocenters. The Kier molecular flexibility index (Phi) is 2.93. The van der Waals surface area contributed by atoms with Crippen molar-refractivity contribution in [3.63, 3.8) is 0 Å². The van der Waals surface area contributed by atoms with E-state index in [9.17, 15) is 4.79 Å². The Hall–Kier alpha value is -2.36. The van der Waals surface area contributed by atoms with Crippen LogP contribution in [0.25, 0.3) is 0 Å². The van der Waals surface area contributed by atoms with Crippen molar-refractivity contribution in [1.29, 1.82) is 0 Å². The largest absolute Gasteiger partial charge is 0.484 e. The maximum absolute atomic E-state index is 12.7. The molecule has 4 heteroatoms. The molecule has 0 saturated heterocycles. The van der Waals surface area contributed by atoms with Crippen LogP contribution in [0.1, 0.15) is 24.2 Å². The van der Waals surface area contributed by atoms with Gasteiger partial charge in [-0.1, -0.05) is 12.1 Å². The first-order valence-corrected chi connectivity index (χ1v) is 6.57. The molecule has 3 rings (SSSR count). The lowest BCUT2D eigenvalue weighted by molar-refractivity contribution is 0.0836. The summed E-state index contributed by atoms with van der Waals surface area (Å²) in [6.07, 6.45) is 3.25. The highest BCUT2D eigenvalue weighted by atomic mass is 16.5. The zero-order valence-corrected chi connectivity index (χ0v) is 11.5. The van der Waals surface area contributed by atoms with Crippen LogP contribution < -0.4 is 9.64 Å². The topological polar surface area (TPSA) is 42.4 Å². The number of nitrogens with zero attached hydrogens (tertiary/aromatic N) is 2. The first kappa shape index (κ1) is 12.7. The molecular formula is C16H16N2O2. The Balaban J connectivity index is 2.03. The van der Waals surface area contributed by atoms with E-state index in [4.69, 9.17) is 4.74 Å². The van der Waals surface area contributed by atoms with Crippen LogP contribution >= 0.6 is 0 Å². The van der Waals surface area contributed by atoms with Crippen LogP contribution in [0.5, 0.6) is 5.75 Å². The van der Waals surface area contributed by atoms with Gasteiger partial charge in [-0.05, 0) is 38.1 Å². The number of amides is 1. The predicted molar refractivity (Wildman–Crippen MR) is 77.1 cm³/mol. The molecular weight excluding hydrogens is 252 g/mol. The Bertz CT molecular complexity index is 638. The summed E-state index contributed by atoms with van der Waals surface area (Å²) in [5.41, 5.74) is 0.979. The van der Waals surface area contributed by atoms with Crippen molar-refractivity contribution >= 4 is 11.6 Å². The Morgan fingerprint density at radius 1 is 1.25 bits per heavy atom. The van der Waals surface area contributed by atoms with Crippen LogP contribution in [0.15, 0.2) is 48.8 Å². The summed E-state index contributed by atoms with van der Waals surface area (Å²) in [6, 6.07) is 11.2. The van der Waals surface area contributed by atoms with Gasteiger partial charge in [0.1, 0.15) is 11.4 Å². The average molecular weight is 268 g/mol. The van der Waals surface area contributed by atoms with Crippen molar-refractivity contribution in [1.82, 2.24) is 4.98 Å². The minimum absolute atomic E-state index is 0.0538. The van der Waals surface area contributed by atoms with Gasteiger partial charge < -0.3 is 9.64 Å². The van der Waals surface area contributed by atoms with Crippen molar-refractivity contribution in [2.45, 2.75) is 19.4 Å². The van der Waals surface area contributed by atoms with Crippen LogP contribution in [0.3, 0.4) is 0 Å². The number of ether oxygens (including phenoxy) is 1. The number of pyridine rings is 1. The quantitative estimate of drug-likeness (QED) is 0.798. The Labute approximate surface area is 118 Å². The Morgan fingerprint density at radius 2 is 2.05 bits per heavy atom. The smallest absolute Gasteiger partial charge is 0.260 e. The number of carbonyl (C=O) groups is 1. The SMILES string of the molecule is CC1(C)CN(C(=O)c2cccnc2)c2ccccc2O1. The molecule has 0 spiro atoms. The lowest BCUT2D eigenvalue weighted by atomic mass is 10.0. The third-order valence-electron chi connectivity index (χ3n) is 3.23. The Morgan fingerprint density at radius 3 is 2.80 bits per heavy atom. The molecule has 2 heterocycles. The number of rotatable bonds is 1. The van der Waals surface area contributed by atoms with E-state index in [-0.39, 0.29) is 5.91 Å². The zero-order chi connectivity index (χ0) is 14.2. The van der Waals surface area contributed by atoms with Gasteiger partial charge in [-0.25, -0.2) is 0 Å². The number of anilines is 1. The molecule has 0 atom stereocenters. The maximum atomic E-state index is 12.7. The summed E-state index contributed by atoms with van der Waals surface area (Å²) in [5.74, 6) is 0.683. The molecule has 1 aliphatic heterocycles. The number of para-hydroxylation sites is 2. The van der Waals surface area contributed by atoms with Crippen molar-refractivity contribution in [3.8, 4) is 5.75 Å². The van der Waals surface area contributed by atoms with Crippen LogP contribution in [-0.4, -0.2) is 23.0 Å². The highest BCUT2D eigenvalue weighted by molar-refractivity contribution is 6.07. The first-order chi connectivity index (χ1) is 9.57. The average Bonchev–Trinajstić information content (AvgIpc) is 2.45. The minimum Gasteiger partial charge on any atom is -0.484 e. The molecule has 2 aromatic rings. The van der Waals surface area contributed by atoms with E-state index in [0.717, 1.165) is 11.4 Å². The fourth-order valence-corrected chi connectivity index (χ4v) is 2.39. The highest BCUT2D eigenvalue weighted by Crippen LogP contribution is 2.37. The third kappa shape index (κ3) is 2.25. The van der Waals surface area contributed by atoms with Gasteiger partial charge in [-0.3, -0.25) is 9.78 Å². The summed E-state index contributed by atoms with van der Waals surface area (Å²) in [5, 5.41) is 0. The van der Waals surface area contributed by atoms with Gasteiger partial charge in [0.05, 0.1) is 17.8 Å². The van der Waals surface area contributed by atoms with Gasteiger partial charge in [0.2, 0.25) is 0 Å². The molecule has 102 valence electrons. The lowest BCUT2D eigenvalue weighted by Crippen LogP contribution is -2.49. The van der Waals surface area contributed by atoms with Crippen molar-refractivity contribution in [3.05, 3.63) is 54.4 Å². The van der Waals surface area contributed by atoms with E-state index in [1.807, 2.05) is 38.1 Å². The van der Waals surface area contributed by atoms with E-state index in [0.29, 0.717) is 12.1 Å². The van der Waals surface area contributed by atoms with Gasteiger partial charge in [0.15, 0.2) is 0 Å². The monoisotopic (exact) mass is 268 g/mol. The number of hydrogen-bond acceptors (Lipinski definition) is 3. The number of carbonyl (C=O) groups excluding carboxylic acids is 1. The van der Waals surface area contributed by atoms with Crippen LogP contribution in [0.2, 0.25) is 0 Å². The second kappa shape index (κ2) is 4.63. The fourth-order valence-electron chi connectivity index (χ4n) is 2.39. The molecule has 0 saturated carbocycles. The van der Waals surface area contributed by atoms with Gasteiger partial charge >= 0.3 is 0 Å². The number of benzene rings is 1. The highest BCUT2D eigenvalue weighted by Gasteiger charge is 2.34. The second-order valence-corrected chi connectivity index (χ2v) is 5.46. The summed E-state index contributed by atoms with van der Waals surface area (Å²) in [4.78, 5) is 18.5. The minimum atomic E-state index is -0.410. The summed E-state index contributed by atoms with van der Waals surface area (Å²) < 4.78 is 5.93. The number of hydrogen-bond donors (Lipinski definition) is 0. The molecule has 0 fully saturated rings. The summed E-state index contributed by atoms with van der Waals surface area (Å²) in [6.45, 7) is 4.47. The molecule has 1 aliphatic rings. The molecule has 0 radical (unpaired) electrons. The van der Waals surface area contributed by atoms with E-state index < -0.39 is 5.60 Å². The van der Waals surface area contributed by atoms with Gasteiger partial charge in [0.25, 0.3) is 5.91 Å².